The van der Waals surface area contributed by atoms with Crippen molar-refractivity contribution in [1.82, 2.24) is 0 Å². The molecule has 0 N–H and O–H groups in total. The second-order valence-electron chi connectivity index (χ2n) is 7.04. The molecule has 0 aliphatic carbocycles. The van der Waals surface area contributed by atoms with Gasteiger partial charge >= 0.3 is 0 Å². The Morgan fingerprint density at radius 2 is 1.30 bits per heavy atom. The van der Waals surface area contributed by atoms with Crippen molar-refractivity contribution in [2.45, 2.75) is 6.42 Å². The summed E-state index contributed by atoms with van der Waals surface area (Å²) in [7, 11) is 0. The molecule has 0 unspecified atom stereocenters. The lowest BCUT2D eigenvalue weighted by atomic mass is 9.90. The van der Waals surface area contributed by atoms with Gasteiger partial charge in [-0.1, -0.05) is 78.9 Å². The smallest absolute Gasteiger partial charge is 0.172 e. The Hall–Kier alpha value is -2.84. The average Bonchev–Trinajstić information content (AvgIpc) is 2.71. The van der Waals surface area contributed by atoms with Crippen LogP contribution >= 0.6 is 12.6 Å². The van der Waals surface area contributed by atoms with Gasteiger partial charge < -0.3 is 0 Å². The van der Waals surface area contributed by atoms with Crippen molar-refractivity contribution < 1.29 is 4.79 Å². The van der Waals surface area contributed by atoms with E-state index in [1.807, 2.05) is 24.3 Å². The molecule has 0 amide bonds. The highest BCUT2D eigenvalue weighted by molar-refractivity contribution is 7.81. The fraction of sp³-hybridized carbons (Fsp3) is 0.0800. The van der Waals surface area contributed by atoms with E-state index in [2.05, 4.69) is 67.2 Å². The first-order chi connectivity index (χ1) is 13.2. The lowest BCUT2D eigenvalue weighted by Gasteiger charge is -2.13. The van der Waals surface area contributed by atoms with Crippen LogP contribution in [0.3, 0.4) is 0 Å². The Kier molecular flexibility index (Phi) is 3.87. The highest BCUT2D eigenvalue weighted by atomic mass is 32.1. The fourth-order valence-electron chi connectivity index (χ4n) is 4.17. The van der Waals surface area contributed by atoms with E-state index in [0.717, 1.165) is 17.5 Å². The van der Waals surface area contributed by atoms with Gasteiger partial charge in [0.2, 0.25) is 0 Å². The van der Waals surface area contributed by atoms with Crippen LogP contribution in [0.25, 0.3) is 32.3 Å². The average molecular weight is 366 g/mol. The number of ketones is 1. The Morgan fingerprint density at radius 1 is 0.704 bits per heavy atom. The molecule has 130 valence electrons. The van der Waals surface area contributed by atoms with Crippen molar-refractivity contribution in [3.8, 4) is 0 Å². The summed E-state index contributed by atoms with van der Waals surface area (Å²) in [6.45, 7) is 0. The Morgan fingerprint density at radius 3 is 1.96 bits per heavy atom. The maximum Gasteiger partial charge on any atom is 0.172 e. The van der Waals surface area contributed by atoms with Crippen LogP contribution in [0.4, 0.5) is 0 Å². The summed E-state index contributed by atoms with van der Waals surface area (Å²) < 4.78 is 0. The van der Waals surface area contributed by atoms with Crippen LogP contribution in [0.2, 0.25) is 0 Å². The first-order valence-corrected chi connectivity index (χ1v) is 9.76. The summed E-state index contributed by atoms with van der Waals surface area (Å²) in [6.07, 6.45) is 0.742. The minimum atomic E-state index is 0.0756. The number of hydrogen-bond donors (Lipinski definition) is 1. The lowest BCUT2D eigenvalue weighted by Crippen LogP contribution is -2.05. The molecule has 0 heterocycles. The maximum absolute atomic E-state index is 12.2. The Labute approximate surface area is 163 Å². The van der Waals surface area contributed by atoms with Crippen LogP contribution in [0.1, 0.15) is 21.5 Å². The molecule has 2 heteroatoms. The fourth-order valence-corrected chi connectivity index (χ4v) is 4.34. The van der Waals surface area contributed by atoms with Gasteiger partial charge in [-0.3, -0.25) is 4.79 Å². The van der Waals surface area contributed by atoms with Gasteiger partial charge in [-0.15, -0.1) is 0 Å². The highest BCUT2D eigenvalue weighted by Gasteiger charge is 2.12. The second kappa shape index (κ2) is 6.40. The summed E-state index contributed by atoms with van der Waals surface area (Å²) in [6, 6.07) is 27.7. The largest absolute Gasteiger partial charge is 0.293 e. The number of thiol groups is 1. The zero-order valence-electron chi connectivity index (χ0n) is 14.8. The van der Waals surface area contributed by atoms with Crippen LogP contribution in [-0.4, -0.2) is 11.5 Å². The molecular formula is C25H18OS. The van der Waals surface area contributed by atoms with Crippen molar-refractivity contribution in [3.05, 3.63) is 95.6 Å². The number of carbonyl (C=O) groups is 1. The molecule has 0 spiro atoms. The zero-order chi connectivity index (χ0) is 18.4. The van der Waals surface area contributed by atoms with Crippen LogP contribution in [0.5, 0.6) is 0 Å². The number of carbonyl (C=O) groups excluding carboxylic acids is 1. The Bertz CT molecular complexity index is 1240. The molecule has 1 nitrogen and oxygen atoms in total. The van der Waals surface area contributed by atoms with Crippen LogP contribution < -0.4 is 0 Å². The van der Waals surface area contributed by atoms with Gasteiger partial charge in [0.15, 0.2) is 5.78 Å². The van der Waals surface area contributed by atoms with Crippen LogP contribution in [0.15, 0.2) is 78.9 Å². The standard InChI is InChI=1S/C25H18OS/c26-23(15-27)22-7-2-1-4-19(22)12-16-13-20-10-8-17-5-3-6-18-9-11-21(14-16)25(20)24(17)18/h1-11,13-14,27H,12,15H2. The van der Waals surface area contributed by atoms with Crippen molar-refractivity contribution in [2.75, 3.05) is 5.75 Å². The zero-order valence-corrected chi connectivity index (χ0v) is 15.7. The van der Waals surface area contributed by atoms with Gasteiger partial charge in [0.1, 0.15) is 0 Å². The first kappa shape index (κ1) is 16.3. The molecule has 0 saturated heterocycles. The lowest BCUT2D eigenvalue weighted by molar-refractivity contribution is 0.102. The normalized spacial score (nSPS) is 11.6. The number of rotatable bonds is 4. The monoisotopic (exact) mass is 366 g/mol. The van der Waals surface area contributed by atoms with Gasteiger partial charge in [0, 0.05) is 5.56 Å². The molecule has 0 aliphatic heterocycles. The minimum absolute atomic E-state index is 0.0756. The van der Waals surface area contributed by atoms with Gasteiger partial charge in [-0.2, -0.15) is 12.6 Å². The van der Waals surface area contributed by atoms with Gasteiger partial charge in [-0.25, -0.2) is 0 Å². The van der Waals surface area contributed by atoms with E-state index in [9.17, 15) is 4.79 Å². The predicted molar refractivity (Wildman–Crippen MR) is 118 cm³/mol. The number of benzene rings is 5. The van der Waals surface area contributed by atoms with Crippen molar-refractivity contribution in [2.24, 2.45) is 0 Å². The molecule has 0 bridgehead atoms. The van der Waals surface area contributed by atoms with E-state index in [1.54, 1.807) is 0 Å². The number of Topliss-reactive ketones (excluding diaryl/α,β-unsaturated/α-hetero) is 1. The van der Waals surface area contributed by atoms with Crippen molar-refractivity contribution in [3.63, 3.8) is 0 Å². The highest BCUT2D eigenvalue weighted by Crippen LogP contribution is 2.35. The summed E-state index contributed by atoms with van der Waals surface area (Å²) in [5, 5.41) is 7.74. The molecule has 0 aromatic heterocycles. The maximum atomic E-state index is 12.2. The van der Waals surface area contributed by atoms with Crippen LogP contribution in [-0.2, 0) is 6.42 Å². The molecule has 0 fully saturated rings. The SMILES string of the molecule is O=C(CS)c1ccccc1Cc1cc2ccc3cccc4ccc(c1)c2c34. The molecule has 5 rings (SSSR count). The summed E-state index contributed by atoms with van der Waals surface area (Å²) in [4.78, 5) is 12.2. The molecule has 0 atom stereocenters. The van der Waals surface area contributed by atoms with E-state index in [0.29, 0.717) is 0 Å². The summed E-state index contributed by atoms with van der Waals surface area (Å²) in [5.74, 6) is 0.309. The first-order valence-electron chi connectivity index (χ1n) is 9.13. The quantitative estimate of drug-likeness (QED) is 0.225. The van der Waals surface area contributed by atoms with Gasteiger partial charge in [-0.05, 0) is 49.9 Å². The molecule has 5 aromatic carbocycles. The van der Waals surface area contributed by atoms with Gasteiger partial charge in [0.25, 0.3) is 0 Å². The van der Waals surface area contributed by atoms with E-state index in [-0.39, 0.29) is 11.5 Å². The van der Waals surface area contributed by atoms with E-state index in [1.165, 1.54) is 37.9 Å². The minimum Gasteiger partial charge on any atom is -0.293 e. The molecule has 0 aliphatic rings. The van der Waals surface area contributed by atoms with Crippen molar-refractivity contribution >= 4 is 50.7 Å². The summed E-state index contributed by atoms with van der Waals surface area (Å²) >= 11 is 4.16. The van der Waals surface area contributed by atoms with E-state index < -0.39 is 0 Å². The molecular weight excluding hydrogens is 348 g/mol. The second-order valence-corrected chi connectivity index (χ2v) is 7.36. The molecule has 5 aromatic rings. The van der Waals surface area contributed by atoms with Gasteiger partial charge in [0.05, 0.1) is 5.75 Å². The topological polar surface area (TPSA) is 17.1 Å². The third-order valence-electron chi connectivity index (χ3n) is 5.38. The predicted octanol–water partition coefficient (Wildman–Crippen LogP) is 6.29. The van der Waals surface area contributed by atoms with E-state index in [4.69, 9.17) is 0 Å². The third kappa shape index (κ3) is 2.68. The third-order valence-corrected chi connectivity index (χ3v) is 5.67. The molecule has 0 radical (unpaired) electrons. The summed E-state index contributed by atoms with van der Waals surface area (Å²) in [5.41, 5.74) is 3.06. The number of hydrogen-bond acceptors (Lipinski definition) is 2. The van der Waals surface area contributed by atoms with Crippen molar-refractivity contribution in [1.29, 1.82) is 0 Å². The van der Waals surface area contributed by atoms with E-state index >= 15 is 0 Å². The molecule has 27 heavy (non-hydrogen) atoms. The van der Waals surface area contributed by atoms with Crippen LogP contribution in [0, 0.1) is 0 Å². The Balaban J connectivity index is 1.68. The molecule has 0 saturated carbocycles.